The number of carbonyl (C=O) groups excluding carboxylic acids is 1. The molecule has 1 unspecified atom stereocenters. The molecular formula is C12H16N2O3S2. The molecule has 19 heavy (non-hydrogen) atoms. The van der Waals surface area contributed by atoms with Gasteiger partial charge in [-0.25, -0.2) is 0 Å². The number of nitrogens with zero attached hydrogens (tertiary/aromatic N) is 1. The first kappa shape index (κ1) is 14.4. The summed E-state index contributed by atoms with van der Waals surface area (Å²) in [4.78, 5) is 25.8. The van der Waals surface area contributed by atoms with Crippen LogP contribution in [-0.4, -0.2) is 52.5 Å². The van der Waals surface area contributed by atoms with Crippen molar-refractivity contribution in [3.8, 4) is 0 Å². The summed E-state index contributed by atoms with van der Waals surface area (Å²) in [5.74, 6) is 0.458. The normalized spacial score (nSPS) is 20.1. The molecule has 0 spiro atoms. The lowest BCUT2D eigenvalue weighted by Gasteiger charge is -2.31. The number of aliphatic carboxylic acids is 1. The standard InChI is InChI=1S/C12H16N2O3S2/c15-11(13-6-9-2-1-4-19-9)7-14-3-5-18-8-10(14)12(16)17/h1-2,4,10H,3,5-8H2,(H,13,15)(H,16,17). The van der Waals surface area contributed by atoms with Crippen molar-refractivity contribution in [1.29, 1.82) is 0 Å². The smallest absolute Gasteiger partial charge is 0.321 e. The summed E-state index contributed by atoms with van der Waals surface area (Å²) < 4.78 is 0. The van der Waals surface area contributed by atoms with Crippen LogP contribution in [0.15, 0.2) is 17.5 Å². The van der Waals surface area contributed by atoms with E-state index < -0.39 is 12.0 Å². The zero-order valence-electron chi connectivity index (χ0n) is 10.4. The minimum absolute atomic E-state index is 0.119. The van der Waals surface area contributed by atoms with Crippen molar-refractivity contribution in [3.63, 3.8) is 0 Å². The Morgan fingerprint density at radius 1 is 1.53 bits per heavy atom. The highest BCUT2D eigenvalue weighted by Gasteiger charge is 2.29. The van der Waals surface area contributed by atoms with Crippen LogP contribution in [0, 0.1) is 0 Å². The average molecular weight is 300 g/mol. The zero-order valence-corrected chi connectivity index (χ0v) is 12.0. The second-order valence-electron chi connectivity index (χ2n) is 4.26. The first-order valence-electron chi connectivity index (χ1n) is 6.00. The van der Waals surface area contributed by atoms with E-state index in [2.05, 4.69) is 5.32 Å². The fraction of sp³-hybridized carbons (Fsp3) is 0.500. The average Bonchev–Trinajstić information content (AvgIpc) is 2.90. The van der Waals surface area contributed by atoms with Crippen molar-refractivity contribution >= 4 is 35.0 Å². The van der Waals surface area contributed by atoms with E-state index in [9.17, 15) is 9.59 Å². The largest absolute Gasteiger partial charge is 0.480 e. The molecule has 0 aliphatic carbocycles. The number of carboxylic acid groups (broad SMARTS) is 1. The first-order chi connectivity index (χ1) is 9.16. The molecule has 1 aliphatic heterocycles. The third kappa shape index (κ3) is 4.22. The molecule has 1 aliphatic rings. The molecule has 1 aromatic heterocycles. The third-order valence-electron chi connectivity index (χ3n) is 2.91. The van der Waals surface area contributed by atoms with Crippen LogP contribution in [0.1, 0.15) is 4.88 Å². The van der Waals surface area contributed by atoms with E-state index >= 15 is 0 Å². The van der Waals surface area contributed by atoms with Crippen molar-refractivity contribution in [2.75, 3.05) is 24.6 Å². The van der Waals surface area contributed by atoms with Gasteiger partial charge in [0.25, 0.3) is 0 Å². The number of amides is 1. The molecule has 2 heterocycles. The van der Waals surface area contributed by atoms with Crippen LogP contribution in [0.25, 0.3) is 0 Å². The molecule has 1 amide bonds. The summed E-state index contributed by atoms with van der Waals surface area (Å²) in [7, 11) is 0. The highest BCUT2D eigenvalue weighted by molar-refractivity contribution is 7.99. The van der Waals surface area contributed by atoms with Gasteiger partial charge in [-0.2, -0.15) is 11.8 Å². The number of carbonyl (C=O) groups is 2. The van der Waals surface area contributed by atoms with Crippen molar-refractivity contribution in [2.24, 2.45) is 0 Å². The highest BCUT2D eigenvalue weighted by Crippen LogP contribution is 2.16. The van der Waals surface area contributed by atoms with E-state index in [4.69, 9.17) is 5.11 Å². The summed E-state index contributed by atoms with van der Waals surface area (Å²) in [6.07, 6.45) is 0. The van der Waals surface area contributed by atoms with Crippen LogP contribution >= 0.6 is 23.1 Å². The van der Waals surface area contributed by atoms with Gasteiger partial charge in [-0.3, -0.25) is 14.5 Å². The summed E-state index contributed by atoms with van der Waals surface area (Å²) in [5.41, 5.74) is 0. The van der Waals surface area contributed by atoms with Gasteiger partial charge in [0.15, 0.2) is 0 Å². The van der Waals surface area contributed by atoms with E-state index in [1.807, 2.05) is 17.5 Å². The minimum atomic E-state index is -0.849. The Morgan fingerprint density at radius 2 is 2.37 bits per heavy atom. The number of carboxylic acids is 1. The van der Waals surface area contributed by atoms with E-state index in [0.717, 1.165) is 10.6 Å². The quantitative estimate of drug-likeness (QED) is 0.844. The number of thiophene rings is 1. The topological polar surface area (TPSA) is 69.6 Å². The molecule has 2 rings (SSSR count). The Labute approximate surface area is 120 Å². The molecule has 1 saturated heterocycles. The number of nitrogens with one attached hydrogen (secondary N) is 1. The van der Waals surface area contributed by atoms with E-state index in [0.29, 0.717) is 18.8 Å². The van der Waals surface area contributed by atoms with Gasteiger partial charge in [0.1, 0.15) is 6.04 Å². The van der Waals surface area contributed by atoms with Crippen LogP contribution in [0.3, 0.4) is 0 Å². The van der Waals surface area contributed by atoms with Crippen LogP contribution < -0.4 is 5.32 Å². The van der Waals surface area contributed by atoms with Crippen molar-refractivity contribution in [2.45, 2.75) is 12.6 Å². The lowest BCUT2D eigenvalue weighted by Crippen LogP contribution is -2.50. The van der Waals surface area contributed by atoms with Crippen molar-refractivity contribution in [3.05, 3.63) is 22.4 Å². The second-order valence-corrected chi connectivity index (χ2v) is 6.44. The Kier molecular flexibility index (Phi) is 5.24. The maximum absolute atomic E-state index is 11.8. The summed E-state index contributed by atoms with van der Waals surface area (Å²) in [6, 6.07) is 3.35. The third-order valence-corrected chi connectivity index (χ3v) is 4.81. The maximum Gasteiger partial charge on any atom is 0.321 e. The van der Waals surface area contributed by atoms with Crippen LogP contribution in [-0.2, 0) is 16.1 Å². The van der Waals surface area contributed by atoms with Crippen molar-refractivity contribution < 1.29 is 14.7 Å². The van der Waals surface area contributed by atoms with Crippen molar-refractivity contribution in [1.82, 2.24) is 10.2 Å². The number of rotatable bonds is 5. The van der Waals surface area contributed by atoms with Crippen LogP contribution in [0.2, 0.25) is 0 Å². The van der Waals surface area contributed by atoms with Gasteiger partial charge < -0.3 is 10.4 Å². The highest BCUT2D eigenvalue weighted by atomic mass is 32.2. The fourth-order valence-corrected chi connectivity index (χ4v) is 3.65. The fourth-order valence-electron chi connectivity index (χ4n) is 1.89. The number of thioether (sulfide) groups is 1. The molecule has 2 N–H and O–H groups in total. The molecular weight excluding hydrogens is 284 g/mol. The zero-order chi connectivity index (χ0) is 13.7. The lowest BCUT2D eigenvalue weighted by molar-refractivity contribution is -0.143. The van der Waals surface area contributed by atoms with Gasteiger partial charge in [0, 0.05) is 22.9 Å². The molecule has 1 fully saturated rings. The van der Waals surface area contributed by atoms with E-state index in [1.165, 1.54) is 0 Å². The first-order valence-corrected chi connectivity index (χ1v) is 8.04. The molecule has 0 bridgehead atoms. The van der Waals surface area contributed by atoms with E-state index in [1.54, 1.807) is 28.0 Å². The van der Waals surface area contributed by atoms with Gasteiger partial charge in [-0.05, 0) is 11.4 Å². The summed E-state index contributed by atoms with van der Waals surface area (Å²) in [6.45, 7) is 1.31. The van der Waals surface area contributed by atoms with Gasteiger partial charge in [-0.15, -0.1) is 11.3 Å². The maximum atomic E-state index is 11.8. The summed E-state index contributed by atoms with van der Waals surface area (Å²) >= 11 is 3.21. The molecule has 0 aromatic carbocycles. The Balaban J connectivity index is 1.81. The molecule has 1 atom stereocenters. The monoisotopic (exact) mass is 300 g/mol. The number of hydrogen-bond donors (Lipinski definition) is 2. The number of hydrogen-bond acceptors (Lipinski definition) is 5. The Bertz CT molecular complexity index is 436. The SMILES string of the molecule is O=C(CN1CCSCC1C(=O)O)NCc1cccs1. The van der Waals surface area contributed by atoms with Crippen LogP contribution in [0.5, 0.6) is 0 Å². The molecule has 7 heteroatoms. The molecule has 0 saturated carbocycles. The van der Waals surface area contributed by atoms with Gasteiger partial charge in [0.05, 0.1) is 13.1 Å². The molecule has 1 aromatic rings. The predicted octanol–water partition coefficient (Wildman–Crippen LogP) is 0.866. The summed E-state index contributed by atoms with van der Waals surface area (Å²) in [5, 5.41) is 13.9. The second kappa shape index (κ2) is 6.93. The molecule has 0 radical (unpaired) electrons. The van der Waals surface area contributed by atoms with Gasteiger partial charge in [0.2, 0.25) is 5.91 Å². The van der Waals surface area contributed by atoms with Crippen LogP contribution in [0.4, 0.5) is 0 Å². The van der Waals surface area contributed by atoms with Gasteiger partial charge >= 0.3 is 5.97 Å². The minimum Gasteiger partial charge on any atom is -0.480 e. The van der Waals surface area contributed by atoms with Gasteiger partial charge in [-0.1, -0.05) is 6.07 Å². The lowest BCUT2D eigenvalue weighted by atomic mass is 10.2. The van der Waals surface area contributed by atoms with E-state index in [-0.39, 0.29) is 12.5 Å². The Morgan fingerprint density at radius 3 is 3.05 bits per heavy atom. The Hall–Kier alpha value is -1.05. The predicted molar refractivity (Wildman–Crippen MR) is 76.5 cm³/mol. The molecule has 104 valence electrons. The molecule has 5 nitrogen and oxygen atoms in total.